The van der Waals surface area contributed by atoms with E-state index in [9.17, 15) is 0 Å². The Morgan fingerprint density at radius 2 is 1.62 bits per heavy atom. The van der Waals surface area contributed by atoms with Gasteiger partial charge in [-0.05, 0) is 12.2 Å². The van der Waals surface area contributed by atoms with Gasteiger partial charge in [0.15, 0.2) is 0 Å². The molecule has 2 heterocycles. The molecule has 2 rings (SSSR count). The Labute approximate surface area is 78.8 Å². The van der Waals surface area contributed by atoms with Crippen molar-refractivity contribution in [1.29, 1.82) is 0 Å². The first-order valence-electron chi connectivity index (χ1n) is 3.76. The third-order valence-corrected chi connectivity index (χ3v) is 1.17. The van der Waals surface area contributed by atoms with Crippen LogP contribution in [0.4, 0.5) is 0 Å². The van der Waals surface area contributed by atoms with Crippen molar-refractivity contribution in [3.63, 3.8) is 0 Å². The number of nitrogens with one attached hydrogen (secondary N) is 1. The molecule has 0 aromatic rings. The van der Waals surface area contributed by atoms with Crippen LogP contribution < -0.4 is 5.32 Å². The smallest absolute Gasteiger partial charge is 0.304 e. The van der Waals surface area contributed by atoms with Crippen LogP contribution in [-0.4, -0.2) is 19.1 Å². The molecule has 0 amide bonds. The minimum absolute atomic E-state index is 0. The van der Waals surface area contributed by atoms with Crippen molar-refractivity contribution in [1.82, 2.24) is 5.32 Å². The van der Waals surface area contributed by atoms with Gasteiger partial charge in [0, 0.05) is 18.6 Å². The Bertz CT molecular complexity index is 230. The minimum Gasteiger partial charge on any atom is -0.412 e. The van der Waals surface area contributed by atoms with Gasteiger partial charge in [-0.25, -0.2) is 0 Å². The maximum Gasteiger partial charge on any atom is 0.304 e. The summed E-state index contributed by atoms with van der Waals surface area (Å²) in [6.07, 6.45) is 15.2. The first-order valence-corrected chi connectivity index (χ1v) is 3.76. The first-order chi connectivity index (χ1) is 6.00. The molecular formula is C9H12BN2O. The third kappa shape index (κ3) is 6.84. The van der Waals surface area contributed by atoms with Crippen molar-refractivity contribution in [2.45, 2.75) is 0 Å². The summed E-state index contributed by atoms with van der Waals surface area (Å²) in [5, 5.41) is 2.92. The molecular weight excluding hydrogens is 163 g/mol. The highest BCUT2D eigenvalue weighted by atomic mass is 16.0. The lowest BCUT2D eigenvalue weighted by Gasteiger charge is -1.79. The van der Waals surface area contributed by atoms with Crippen LogP contribution in [0.5, 0.6) is 0 Å². The zero-order valence-electron chi connectivity index (χ0n) is 7.22. The lowest BCUT2D eigenvalue weighted by Crippen LogP contribution is -1.87. The molecule has 2 aliphatic rings. The molecule has 0 atom stereocenters. The van der Waals surface area contributed by atoms with Crippen molar-refractivity contribution in [3.8, 4) is 0 Å². The van der Waals surface area contributed by atoms with Gasteiger partial charge in [0.1, 0.15) is 0 Å². The molecule has 0 saturated carbocycles. The lowest BCUT2D eigenvalue weighted by molar-refractivity contribution is 0.824. The second-order valence-electron chi connectivity index (χ2n) is 2.10. The van der Waals surface area contributed by atoms with Crippen LogP contribution in [0, 0.1) is 0 Å². The Kier molecular flexibility index (Phi) is 7.53. The maximum atomic E-state index is 3.72. The molecule has 0 fully saturated rings. The second kappa shape index (κ2) is 8.55. The van der Waals surface area contributed by atoms with Crippen LogP contribution in [0.3, 0.4) is 0 Å². The second-order valence-corrected chi connectivity index (χ2v) is 2.10. The number of hydrogen-bond acceptors (Lipinski definition) is 2. The van der Waals surface area contributed by atoms with Gasteiger partial charge in [-0.1, -0.05) is 24.2 Å². The highest BCUT2D eigenvalue weighted by molar-refractivity contribution is 6.44. The van der Waals surface area contributed by atoms with Gasteiger partial charge in [-0.15, -0.1) is 0 Å². The molecule has 0 aliphatic carbocycles. The number of nitrogens with zero attached hydrogens (tertiary/aromatic N) is 1. The molecule has 0 spiro atoms. The summed E-state index contributed by atoms with van der Waals surface area (Å²) < 4.78 is 0. The van der Waals surface area contributed by atoms with Crippen molar-refractivity contribution >= 4 is 13.6 Å². The summed E-state index contributed by atoms with van der Waals surface area (Å²) in [6.45, 7) is 0. The van der Waals surface area contributed by atoms with Crippen LogP contribution in [0.1, 0.15) is 0 Å². The van der Waals surface area contributed by atoms with E-state index in [-0.39, 0.29) is 5.48 Å². The zero-order chi connectivity index (χ0) is 8.49. The summed E-state index contributed by atoms with van der Waals surface area (Å²) in [7, 11) is 1.75. The average Bonchev–Trinajstić information content (AvgIpc) is 2.54. The largest absolute Gasteiger partial charge is 0.412 e. The third-order valence-electron chi connectivity index (χ3n) is 1.17. The Morgan fingerprint density at radius 1 is 0.923 bits per heavy atom. The number of rotatable bonds is 0. The van der Waals surface area contributed by atoms with Gasteiger partial charge in [-0.2, -0.15) is 0 Å². The molecule has 0 saturated heterocycles. The van der Waals surface area contributed by atoms with Gasteiger partial charge < -0.3 is 15.7 Å². The molecule has 1 radical (unpaired) electrons. The van der Waals surface area contributed by atoms with Crippen molar-refractivity contribution in [2.24, 2.45) is 4.90 Å². The minimum atomic E-state index is 0. The van der Waals surface area contributed by atoms with E-state index in [1.165, 1.54) is 0 Å². The zero-order valence-corrected chi connectivity index (χ0v) is 7.22. The SMILES string of the molecule is C1=CC=CNC=C1.O.[B]1C=CC=N1. The van der Waals surface area contributed by atoms with E-state index < -0.39 is 0 Å². The van der Waals surface area contributed by atoms with Crippen LogP contribution in [0.25, 0.3) is 0 Å². The molecule has 0 aromatic heterocycles. The van der Waals surface area contributed by atoms with E-state index in [0.29, 0.717) is 0 Å². The molecule has 13 heavy (non-hydrogen) atoms. The van der Waals surface area contributed by atoms with E-state index in [0.717, 1.165) is 0 Å². The van der Waals surface area contributed by atoms with E-state index in [2.05, 4.69) is 10.2 Å². The van der Waals surface area contributed by atoms with Gasteiger partial charge in [0.05, 0.1) is 0 Å². The molecule has 67 valence electrons. The fraction of sp³-hybridized carbons (Fsp3) is 0. The van der Waals surface area contributed by atoms with Gasteiger partial charge >= 0.3 is 7.41 Å². The van der Waals surface area contributed by atoms with Crippen LogP contribution in [0.15, 0.2) is 53.7 Å². The van der Waals surface area contributed by atoms with Gasteiger partial charge in [0.25, 0.3) is 0 Å². The summed E-state index contributed by atoms with van der Waals surface area (Å²) in [6, 6.07) is 0. The molecule has 2 aliphatic heterocycles. The lowest BCUT2D eigenvalue weighted by atomic mass is 10.00. The summed E-state index contributed by atoms with van der Waals surface area (Å²) in [5.74, 6) is 1.89. The van der Waals surface area contributed by atoms with Crippen molar-refractivity contribution in [3.05, 3.63) is 48.8 Å². The summed E-state index contributed by atoms with van der Waals surface area (Å²) >= 11 is 0. The summed E-state index contributed by atoms with van der Waals surface area (Å²) in [5.41, 5.74) is 0. The van der Waals surface area contributed by atoms with Crippen LogP contribution >= 0.6 is 0 Å². The molecule has 0 bridgehead atoms. The van der Waals surface area contributed by atoms with Crippen LogP contribution in [0.2, 0.25) is 0 Å². The normalized spacial score (nSPS) is 14.8. The Balaban J connectivity index is 0.000000215. The Morgan fingerprint density at radius 3 is 2.00 bits per heavy atom. The quantitative estimate of drug-likeness (QED) is 0.537. The standard InChI is InChI=1S/C6H7N.C3H3BN.H2O/c1-2-4-6-7-5-3-1;1-2-4-5-3-1;/h1-7H;1-3H;1H2. The molecule has 4 heteroatoms. The van der Waals surface area contributed by atoms with E-state index in [4.69, 9.17) is 0 Å². The first kappa shape index (κ1) is 11.5. The van der Waals surface area contributed by atoms with Crippen molar-refractivity contribution in [2.75, 3.05) is 0 Å². The van der Waals surface area contributed by atoms with E-state index >= 15 is 0 Å². The summed E-state index contributed by atoms with van der Waals surface area (Å²) in [4.78, 5) is 3.72. The Hall–Kier alpha value is -1.55. The topological polar surface area (TPSA) is 55.9 Å². The highest BCUT2D eigenvalue weighted by Crippen LogP contribution is 1.81. The maximum absolute atomic E-state index is 3.72. The predicted molar refractivity (Wildman–Crippen MR) is 57.6 cm³/mol. The van der Waals surface area contributed by atoms with Gasteiger partial charge in [-0.3, -0.25) is 0 Å². The molecule has 3 N–H and O–H groups in total. The molecule has 3 nitrogen and oxygen atoms in total. The predicted octanol–water partition coefficient (Wildman–Crippen LogP) is 0.552. The van der Waals surface area contributed by atoms with E-state index in [1.54, 1.807) is 13.6 Å². The van der Waals surface area contributed by atoms with Crippen LogP contribution in [-0.2, 0) is 0 Å². The molecule has 0 aromatic carbocycles. The van der Waals surface area contributed by atoms with Gasteiger partial charge in [0.2, 0.25) is 0 Å². The number of allylic oxidation sites excluding steroid dienone is 5. The average molecular weight is 175 g/mol. The number of hydrogen-bond donors (Lipinski definition) is 1. The monoisotopic (exact) mass is 175 g/mol. The van der Waals surface area contributed by atoms with E-state index in [1.807, 2.05) is 48.8 Å². The molecule has 0 unspecified atom stereocenters. The fourth-order valence-corrected chi connectivity index (χ4v) is 0.655. The highest BCUT2D eigenvalue weighted by Gasteiger charge is 1.78. The van der Waals surface area contributed by atoms with Crippen molar-refractivity contribution < 1.29 is 5.48 Å². The fourth-order valence-electron chi connectivity index (χ4n) is 0.655.